The summed E-state index contributed by atoms with van der Waals surface area (Å²) in [7, 11) is 0. The lowest BCUT2D eigenvalue weighted by Gasteiger charge is -2.11. The summed E-state index contributed by atoms with van der Waals surface area (Å²) in [6, 6.07) is 8.29. The third-order valence-corrected chi connectivity index (χ3v) is 3.07. The molecule has 0 amide bonds. The van der Waals surface area contributed by atoms with Gasteiger partial charge in [0.05, 0.1) is 6.20 Å². The number of aryl methyl sites for hydroxylation is 1. The van der Waals surface area contributed by atoms with Gasteiger partial charge in [0.2, 0.25) is 0 Å². The van der Waals surface area contributed by atoms with Crippen LogP contribution >= 0.6 is 0 Å². The van der Waals surface area contributed by atoms with Crippen LogP contribution in [-0.2, 0) is 6.54 Å². The van der Waals surface area contributed by atoms with Crippen molar-refractivity contribution in [3.63, 3.8) is 0 Å². The molecule has 3 heteroatoms. The Kier molecular flexibility index (Phi) is 4.27. The van der Waals surface area contributed by atoms with Gasteiger partial charge in [-0.2, -0.15) is 0 Å². The van der Waals surface area contributed by atoms with Crippen LogP contribution in [0.15, 0.2) is 36.7 Å². The molecular weight excluding hydrogens is 239 g/mol. The van der Waals surface area contributed by atoms with Crippen molar-refractivity contribution in [1.29, 1.82) is 0 Å². The van der Waals surface area contributed by atoms with E-state index in [-0.39, 0.29) is 5.82 Å². The summed E-state index contributed by atoms with van der Waals surface area (Å²) in [5.74, 6) is -0.279. The zero-order valence-corrected chi connectivity index (χ0v) is 11.6. The monoisotopic (exact) mass is 258 g/mol. The maximum Gasteiger partial charge on any atom is 0.149 e. The van der Waals surface area contributed by atoms with Gasteiger partial charge in [-0.25, -0.2) is 4.39 Å². The molecule has 1 heterocycles. The number of aromatic nitrogens is 1. The minimum atomic E-state index is -0.279. The standard InChI is InChI=1S/C16H19FN2/c1-11(2)19-9-13-4-5-14(12(3)8-13)15-6-7-18-10-16(15)17/h4-8,10-11,19H,9H2,1-3H3. The van der Waals surface area contributed by atoms with Gasteiger partial charge >= 0.3 is 0 Å². The molecule has 1 aromatic carbocycles. The highest BCUT2D eigenvalue weighted by atomic mass is 19.1. The van der Waals surface area contributed by atoms with Gasteiger partial charge in [0, 0.05) is 24.3 Å². The van der Waals surface area contributed by atoms with Gasteiger partial charge in [0.1, 0.15) is 5.82 Å². The summed E-state index contributed by atoms with van der Waals surface area (Å²) >= 11 is 0. The highest BCUT2D eigenvalue weighted by molar-refractivity contribution is 5.67. The number of rotatable bonds is 4. The van der Waals surface area contributed by atoms with Crippen LogP contribution in [0.25, 0.3) is 11.1 Å². The van der Waals surface area contributed by atoms with Crippen LogP contribution < -0.4 is 5.32 Å². The zero-order chi connectivity index (χ0) is 13.8. The van der Waals surface area contributed by atoms with Gasteiger partial charge < -0.3 is 5.32 Å². The lowest BCUT2D eigenvalue weighted by atomic mass is 9.99. The molecule has 0 bridgehead atoms. The van der Waals surface area contributed by atoms with Crippen LogP contribution in [0.5, 0.6) is 0 Å². The molecule has 0 unspecified atom stereocenters. The fourth-order valence-corrected chi connectivity index (χ4v) is 2.05. The van der Waals surface area contributed by atoms with Gasteiger partial charge in [-0.05, 0) is 29.7 Å². The number of benzene rings is 1. The molecule has 19 heavy (non-hydrogen) atoms. The van der Waals surface area contributed by atoms with E-state index in [0.717, 1.165) is 17.7 Å². The van der Waals surface area contributed by atoms with Crippen LogP contribution in [0.2, 0.25) is 0 Å². The molecule has 1 aromatic heterocycles. The molecule has 0 atom stereocenters. The summed E-state index contributed by atoms with van der Waals surface area (Å²) < 4.78 is 13.7. The van der Waals surface area contributed by atoms with E-state index < -0.39 is 0 Å². The minimum absolute atomic E-state index is 0.279. The molecule has 0 aliphatic carbocycles. The van der Waals surface area contributed by atoms with Crippen molar-refractivity contribution >= 4 is 0 Å². The Bertz CT molecular complexity index is 564. The Morgan fingerprint density at radius 3 is 2.63 bits per heavy atom. The molecule has 2 nitrogen and oxygen atoms in total. The van der Waals surface area contributed by atoms with E-state index in [1.165, 1.54) is 11.8 Å². The topological polar surface area (TPSA) is 24.9 Å². The first-order valence-corrected chi connectivity index (χ1v) is 6.50. The predicted molar refractivity (Wildman–Crippen MR) is 76.3 cm³/mol. The number of nitrogens with one attached hydrogen (secondary N) is 1. The van der Waals surface area contributed by atoms with E-state index >= 15 is 0 Å². The van der Waals surface area contributed by atoms with Crippen molar-refractivity contribution in [2.24, 2.45) is 0 Å². The molecule has 0 radical (unpaired) electrons. The van der Waals surface area contributed by atoms with Crippen molar-refractivity contribution in [3.05, 3.63) is 53.6 Å². The van der Waals surface area contributed by atoms with Crippen LogP contribution in [0.3, 0.4) is 0 Å². The molecule has 2 rings (SSSR count). The Morgan fingerprint density at radius 1 is 1.21 bits per heavy atom. The molecule has 100 valence electrons. The summed E-state index contributed by atoms with van der Waals surface area (Å²) in [5, 5.41) is 3.38. The van der Waals surface area contributed by atoms with Gasteiger partial charge in [-0.3, -0.25) is 4.98 Å². The molecule has 0 aliphatic rings. The van der Waals surface area contributed by atoms with Gasteiger partial charge in [-0.15, -0.1) is 0 Å². The molecule has 0 fully saturated rings. The highest BCUT2D eigenvalue weighted by Gasteiger charge is 2.08. The SMILES string of the molecule is Cc1cc(CNC(C)C)ccc1-c1ccncc1F. The molecule has 0 aliphatic heterocycles. The molecule has 0 spiro atoms. The number of hydrogen-bond donors (Lipinski definition) is 1. The average molecular weight is 258 g/mol. The van der Waals surface area contributed by atoms with E-state index in [1.54, 1.807) is 12.3 Å². The first kappa shape index (κ1) is 13.7. The van der Waals surface area contributed by atoms with E-state index in [2.05, 4.69) is 30.2 Å². The Morgan fingerprint density at radius 2 is 2.00 bits per heavy atom. The molecular formula is C16H19FN2. The van der Waals surface area contributed by atoms with Crippen molar-refractivity contribution < 1.29 is 4.39 Å². The average Bonchev–Trinajstić information content (AvgIpc) is 2.38. The lowest BCUT2D eigenvalue weighted by Crippen LogP contribution is -2.21. The number of halogens is 1. The van der Waals surface area contributed by atoms with E-state index in [0.29, 0.717) is 11.6 Å². The quantitative estimate of drug-likeness (QED) is 0.904. The molecule has 1 N–H and O–H groups in total. The minimum Gasteiger partial charge on any atom is -0.310 e. The Balaban J connectivity index is 2.27. The van der Waals surface area contributed by atoms with E-state index in [4.69, 9.17) is 0 Å². The first-order valence-electron chi connectivity index (χ1n) is 6.50. The van der Waals surface area contributed by atoms with Crippen LogP contribution in [0.1, 0.15) is 25.0 Å². The van der Waals surface area contributed by atoms with Gasteiger partial charge in [0.25, 0.3) is 0 Å². The van der Waals surface area contributed by atoms with E-state index in [9.17, 15) is 4.39 Å². The second-order valence-corrected chi connectivity index (χ2v) is 5.04. The highest BCUT2D eigenvalue weighted by Crippen LogP contribution is 2.26. The summed E-state index contributed by atoms with van der Waals surface area (Å²) in [4.78, 5) is 3.78. The summed E-state index contributed by atoms with van der Waals surface area (Å²) in [5.41, 5.74) is 3.82. The first-order chi connectivity index (χ1) is 9.08. The normalized spacial score (nSPS) is 11.0. The second kappa shape index (κ2) is 5.93. The zero-order valence-electron chi connectivity index (χ0n) is 11.6. The smallest absolute Gasteiger partial charge is 0.149 e. The third kappa shape index (κ3) is 3.38. The number of pyridine rings is 1. The van der Waals surface area contributed by atoms with Crippen LogP contribution in [0, 0.1) is 12.7 Å². The maximum absolute atomic E-state index is 13.7. The number of nitrogens with zero attached hydrogens (tertiary/aromatic N) is 1. The number of hydrogen-bond acceptors (Lipinski definition) is 2. The predicted octanol–water partition coefficient (Wildman–Crippen LogP) is 3.69. The third-order valence-electron chi connectivity index (χ3n) is 3.07. The fourth-order valence-electron chi connectivity index (χ4n) is 2.05. The Hall–Kier alpha value is -1.74. The van der Waals surface area contributed by atoms with Crippen molar-refractivity contribution in [2.45, 2.75) is 33.4 Å². The van der Waals surface area contributed by atoms with E-state index in [1.807, 2.05) is 19.1 Å². The fraction of sp³-hybridized carbons (Fsp3) is 0.312. The summed E-state index contributed by atoms with van der Waals surface area (Å²) in [6.45, 7) is 7.08. The van der Waals surface area contributed by atoms with Crippen LogP contribution in [0.4, 0.5) is 4.39 Å². The van der Waals surface area contributed by atoms with Crippen molar-refractivity contribution in [3.8, 4) is 11.1 Å². The second-order valence-electron chi connectivity index (χ2n) is 5.04. The molecule has 2 aromatic rings. The van der Waals surface area contributed by atoms with Crippen molar-refractivity contribution in [2.75, 3.05) is 0 Å². The summed E-state index contributed by atoms with van der Waals surface area (Å²) in [6.07, 6.45) is 2.87. The lowest BCUT2D eigenvalue weighted by molar-refractivity contribution is 0.588. The maximum atomic E-state index is 13.7. The van der Waals surface area contributed by atoms with Crippen LogP contribution in [-0.4, -0.2) is 11.0 Å². The van der Waals surface area contributed by atoms with Gasteiger partial charge in [-0.1, -0.05) is 32.0 Å². The molecule has 0 saturated heterocycles. The molecule has 0 saturated carbocycles. The Labute approximate surface area is 113 Å². The van der Waals surface area contributed by atoms with Gasteiger partial charge in [0.15, 0.2) is 0 Å². The van der Waals surface area contributed by atoms with Crippen molar-refractivity contribution in [1.82, 2.24) is 10.3 Å². The largest absolute Gasteiger partial charge is 0.310 e.